The van der Waals surface area contributed by atoms with Crippen LogP contribution in [0.5, 0.6) is 0 Å². The van der Waals surface area contributed by atoms with Crippen molar-refractivity contribution in [3.63, 3.8) is 0 Å². The van der Waals surface area contributed by atoms with Crippen LogP contribution in [0, 0.1) is 5.92 Å². The molecule has 3 aromatic heterocycles. The smallest absolute Gasteiger partial charge is 0.258 e. The lowest BCUT2D eigenvalue weighted by atomic mass is 9.83. The van der Waals surface area contributed by atoms with Gasteiger partial charge < -0.3 is 4.57 Å². The van der Waals surface area contributed by atoms with Gasteiger partial charge in [0.1, 0.15) is 5.65 Å². The summed E-state index contributed by atoms with van der Waals surface area (Å²) in [6.07, 6.45) is 2.71. The molecule has 138 valence electrons. The molecular formula is C20H19ClN4O2. The second-order valence-electron chi connectivity index (χ2n) is 7.55. The lowest BCUT2D eigenvalue weighted by molar-refractivity contribution is 0.113. The standard InChI is InChI=1S/C20H19ClN4O2/c21-15-4-5-18-22-16(7-20(27)25(18)11-15)12-23-8-13-6-14(10-23)17-2-1-3-19(26)24(17)9-13/h1-5,7,11,13-14H,6,8-10,12H2. The Bertz CT molecular complexity index is 1150. The number of aromatic nitrogens is 3. The molecule has 27 heavy (non-hydrogen) atoms. The number of piperidine rings is 1. The molecule has 2 bridgehead atoms. The first kappa shape index (κ1) is 16.7. The molecule has 0 spiro atoms. The maximum Gasteiger partial charge on any atom is 0.258 e. The number of hydrogen-bond donors (Lipinski definition) is 0. The Kier molecular flexibility index (Phi) is 3.91. The van der Waals surface area contributed by atoms with Crippen LogP contribution < -0.4 is 11.1 Å². The average Bonchev–Trinajstić information content (AvgIpc) is 2.63. The van der Waals surface area contributed by atoms with Gasteiger partial charge in [-0.3, -0.25) is 18.9 Å². The normalized spacial score (nSPS) is 22.0. The highest BCUT2D eigenvalue weighted by Gasteiger charge is 2.34. The molecule has 0 amide bonds. The number of fused-ring (bicyclic) bond motifs is 5. The van der Waals surface area contributed by atoms with Crippen LogP contribution in [0.25, 0.3) is 5.65 Å². The third kappa shape index (κ3) is 2.99. The molecule has 6 nitrogen and oxygen atoms in total. The highest BCUT2D eigenvalue weighted by atomic mass is 35.5. The minimum atomic E-state index is -0.119. The SMILES string of the molecule is O=c1cccc2n1CC1CC2CN(Cc2cc(=O)n3cc(Cl)ccc3n2)C1. The molecule has 5 rings (SSSR count). The van der Waals surface area contributed by atoms with Crippen molar-refractivity contribution in [2.75, 3.05) is 13.1 Å². The molecular weight excluding hydrogens is 364 g/mol. The Morgan fingerprint density at radius 1 is 1.07 bits per heavy atom. The predicted molar refractivity (Wildman–Crippen MR) is 103 cm³/mol. The molecule has 0 radical (unpaired) electrons. The highest BCUT2D eigenvalue weighted by Crippen LogP contribution is 2.35. The van der Waals surface area contributed by atoms with E-state index in [9.17, 15) is 9.59 Å². The van der Waals surface area contributed by atoms with E-state index in [2.05, 4.69) is 16.0 Å². The number of rotatable bonds is 2. The van der Waals surface area contributed by atoms with Gasteiger partial charge in [-0.1, -0.05) is 17.7 Å². The van der Waals surface area contributed by atoms with Gasteiger partial charge in [0.2, 0.25) is 0 Å². The number of nitrogens with zero attached hydrogens (tertiary/aromatic N) is 4. The topological polar surface area (TPSA) is 59.6 Å². The first-order valence-electron chi connectivity index (χ1n) is 9.17. The molecule has 2 aliphatic rings. The van der Waals surface area contributed by atoms with E-state index in [0.717, 1.165) is 37.4 Å². The van der Waals surface area contributed by atoms with E-state index < -0.39 is 0 Å². The van der Waals surface area contributed by atoms with Gasteiger partial charge in [0.05, 0.1) is 10.7 Å². The Balaban J connectivity index is 1.43. The van der Waals surface area contributed by atoms with Crippen molar-refractivity contribution in [2.24, 2.45) is 5.92 Å². The van der Waals surface area contributed by atoms with Gasteiger partial charge in [-0.2, -0.15) is 0 Å². The van der Waals surface area contributed by atoms with E-state index in [1.807, 2.05) is 10.6 Å². The number of likely N-dealkylation sites (tertiary alicyclic amines) is 1. The molecule has 1 fully saturated rings. The molecule has 0 saturated carbocycles. The summed E-state index contributed by atoms with van der Waals surface area (Å²) in [6.45, 7) is 3.20. The van der Waals surface area contributed by atoms with Gasteiger partial charge >= 0.3 is 0 Å². The molecule has 3 aromatic rings. The second kappa shape index (κ2) is 6.32. The quantitative estimate of drug-likeness (QED) is 0.681. The van der Waals surface area contributed by atoms with Crippen LogP contribution in [-0.2, 0) is 13.1 Å². The fraction of sp³-hybridized carbons (Fsp3) is 0.350. The monoisotopic (exact) mass is 382 g/mol. The molecule has 2 atom stereocenters. The third-order valence-electron chi connectivity index (χ3n) is 5.62. The largest absolute Gasteiger partial charge is 0.312 e. The Morgan fingerprint density at radius 2 is 1.96 bits per heavy atom. The fourth-order valence-corrected chi connectivity index (χ4v) is 4.72. The van der Waals surface area contributed by atoms with Crippen LogP contribution >= 0.6 is 11.6 Å². The van der Waals surface area contributed by atoms with E-state index in [-0.39, 0.29) is 11.1 Å². The number of halogens is 1. The van der Waals surface area contributed by atoms with E-state index in [0.29, 0.717) is 29.1 Å². The molecule has 2 aliphatic heterocycles. The summed E-state index contributed by atoms with van der Waals surface area (Å²) in [6, 6.07) is 10.7. The maximum absolute atomic E-state index is 12.4. The summed E-state index contributed by atoms with van der Waals surface area (Å²) in [5.74, 6) is 0.809. The number of hydrogen-bond acceptors (Lipinski definition) is 4. The highest BCUT2D eigenvalue weighted by molar-refractivity contribution is 6.30. The van der Waals surface area contributed by atoms with Crippen LogP contribution in [0.1, 0.15) is 23.7 Å². The van der Waals surface area contributed by atoms with Crippen molar-refractivity contribution in [2.45, 2.75) is 25.4 Å². The molecule has 0 aromatic carbocycles. The van der Waals surface area contributed by atoms with E-state index in [1.165, 1.54) is 4.40 Å². The van der Waals surface area contributed by atoms with Gasteiger partial charge in [0.25, 0.3) is 11.1 Å². The van der Waals surface area contributed by atoms with Crippen LogP contribution in [0.3, 0.4) is 0 Å². The van der Waals surface area contributed by atoms with Crippen molar-refractivity contribution >= 4 is 17.2 Å². The lowest BCUT2D eigenvalue weighted by Gasteiger charge is -2.42. The van der Waals surface area contributed by atoms with Crippen LogP contribution in [-0.4, -0.2) is 31.9 Å². The summed E-state index contributed by atoms with van der Waals surface area (Å²) in [5.41, 5.74) is 2.48. The van der Waals surface area contributed by atoms with Crippen LogP contribution in [0.4, 0.5) is 0 Å². The molecule has 0 N–H and O–H groups in total. The van der Waals surface area contributed by atoms with Gasteiger partial charge in [-0.05, 0) is 30.5 Å². The van der Waals surface area contributed by atoms with E-state index >= 15 is 0 Å². The summed E-state index contributed by atoms with van der Waals surface area (Å²) in [5, 5.41) is 0.511. The van der Waals surface area contributed by atoms with Crippen molar-refractivity contribution in [3.05, 3.63) is 79.7 Å². The minimum Gasteiger partial charge on any atom is -0.312 e. The van der Waals surface area contributed by atoms with Crippen molar-refractivity contribution in [3.8, 4) is 0 Å². The Morgan fingerprint density at radius 3 is 2.85 bits per heavy atom. The summed E-state index contributed by atoms with van der Waals surface area (Å²) in [7, 11) is 0. The Labute approximate surface area is 160 Å². The van der Waals surface area contributed by atoms with Gasteiger partial charge in [-0.15, -0.1) is 0 Å². The van der Waals surface area contributed by atoms with Gasteiger partial charge in [0.15, 0.2) is 0 Å². The average molecular weight is 383 g/mol. The molecule has 5 heterocycles. The molecule has 2 unspecified atom stereocenters. The second-order valence-corrected chi connectivity index (χ2v) is 7.99. The summed E-state index contributed by atoms with van der Waals surface area (Å²) < 4.78 is 3.40. The van der Waals surface area contributed by atoms with Crippen LogP contribution in [0.15, 0.2) is 52.2 Å². The summed E-state index contributed by atoms with van der Waals surface area (Å²) >= 11 is 5.97. The zero-order valence-corrected chi connectivity index (χ0v) is 15.5. The lowest BCUT2D eigenvalue weighted by Crippen LogP contribution is -2.46. The van der Waals surface area contributed by atoms with Crippen LogP contribution in [0.2, 0.25) is 5.02 Å². The van der Waals surface area contributed by atoms with Gasteiger partial charge in [-0.25, -0.2) is 4.98 Å². The maximum atomic E-state index is 12.4. The Hall–Kier alpha value is -2.44. The van der Waals surface area contributed by atoms with Crippen molar-refractivity contribution in [1.29, 1.82) is 0 Å². The predicted octanol–water partition coefficient (Wildman–Crippen LogP) is 2.13. The van der Waals surface area contributed by atoms with Crippen molar-refractivity contribution in [1.82, 2.24) is 18.9 Å². The molecule has 7 heteroatoms. The zero-order chi connectivity index (χ0) is 18.5. The first-order valence-corrected chi connectivity index (χ1v) is 9.54. The molecule has 0 aliphatic carbocycles. The van der Waals surface area contributed by atoms with Gasteiger partial charge in [0, 0.05) is 56.1 Å². The molecule has 1 saturated heterocycles. The third-order valence-corrected chi connectivity index (χ3v) is 5.84. The number of pyridine rings is 2. The van der Waals surface area contributed by atoms with E-state index in [1.54, 1.807) is 30.5 Å². The minimum absolute atomic E-state index is 0.0959. The van der Waals surface area contributed by atoms with E-state index in [4.69, 9.17) is 11.6 Å². The zero-order valence-electron chi connectivity index (χ0n) is 14.7. The van der Waals surface area contributed by atoms with Crippen molar-refractivity contribution < 1.29 is 0 Å². The fourth-order valence-electron chi connectivity index (χ4n) is 4.56. The first-order chi connectivity index (χ1) is 13.1. The summed E-state index contributed by atoms with van der Waals surface area (Å²) in [4.78, 5) is 31.5.